The summed E-state index contributed by atoms with van der Waals surface area (Å²) in [6.45, 7) is 2.35. The Bertz CT molecular complexity index is 799. The molecule has 3 N–H and O–H groups in total. The van der Waals surface area contributed by atoms with Gasteiger partial charge in [0, 0.05) is 34.6 Å². The number of nitrogens with zero attached hydrogens (tertiary/aromatic N) is 1. The van der Waals surface area contributed by atoms with Crippen molar-refractivity contribution < 1.29 is 4.39 Å². The van der Waals surface area contributed by atoms with Crippen molar-refractivity contribution in [1.82, 2.24) is 4.98 Å². The van der Waals surface area contributed by atoms with Gasteiger partial charge in [-0.05, 0) is 37.3 Å². The van der Waals surface area contributed by atoms with Gasteiger partial charge in [0.05, 0.1) is 5.52 Å². The van der Waals surface area contributed by atoms with Crippen LogP contribution in [0.3, 0.4) is 0 Å². The molecule has 1 aromatic heterocycles. The Morgan fingerprint density at radius 2 is 1.95 bits per heavy atom. The SMILES string of the molecule is Cc1cc(NCc2ccccc2F)c2cc(N)ccc2n1. The molecule has 3 nitrogen and oxygen atoms in total. The average molecular weight is 281 g/mol. The van der Waals surface area contributed by atoms with Crippen molar-refractivity contribution >= 4 is 22.3 Å². The van der Waals surface area contributed by atoms with Crippen LogP contribution in [0.25, 0.3) is 10.9 Å². The Balaban J connectivity index is 1.96. The third-order valence-corrected chi connectivity index (χ3v) is 3.39. The monoisotopic (exact) mass is 281 g/mol. The molecule has 0 aliphatic heterocycles. The minimum absolute atomic E-state index is 0.209. The number of anilines is 2. The molecule has 2 aromatic carbocycles. The third kappa shape index (κ3) is 2.79. The van der Waals surface area contributed by atoms with E-state index in [-0.39, 0.29) is 5.82 Å². The van der Waals surface area contributed by atoms with Gasteiger partial charge in [0.1, 0.15) is 5.82 Å². The molecule has 0 spiro atoms. The quantitative estimate of drug-likeness (QED) is 0.716. The molecule has 0 aliphatic rings. The van der Waals surface area contributed by atoms with Crippen LogP contribution in [0.2, 0.25) is 0 Å². The zero-order valence-corrected chi connectivity index (χ0v) is 11.7. The summed E-state index contributed by atoms with van der Waals surface area (Å²) in [5.41, 5.74) is 9.85. The van der Waals surface area contributed by atoms with Gasteiger partial charge in [0.25, 0.3) is 0 Å². The minimum atomic E-state index is -0.209. The molecule has 1 heterocycles. The van der Waals surface area contributed by atoms with E-state index < -0.39 is 0 Å². The molecule has 0 saturated carbocycles. The number of aryl methyl sites for hydroxylation is 1. The number of hydrogen-bond acceptors (Lipinski definition) is 3. The van der Waals surface area contributed by atoms with Gasteiger partial charge < -0.3 is 11.1 Å². The van der Waals surface area contributed by atoms with Gasteiger partial charge in [-0.1, -0.05) is 18.2 Å². The van der Waals surface area contributed by atoms with E-state index in [4.69, 9.17) is 5.73 Å². The molecule has 4 heteroatoms. The number of benzene rings is 2. The smallest absolute Gasteiger partial charge is 0.128 e. The molecule has 21 heavy (non-hydrogen) atoms. The van der Waals surface area contributed by atoms with Crippen molar-refractivity contribution in [3.8, 4) is 0 Å². The van der Waals surface area contributed by atoms with Crippen molar-refractivity contribution in [1.29, 1.82) is 0 Å². The van der Waals surface area contributed by atoms with Crippen LogP contribution in [0.4, 0.5) is 15.8 Å². The molecule has 0 unspecified atom stereocenters. The topological polar surface area (TPSA) is 50.9 Å². The summed E-state index contributed by atoms with van der Waals surface area (Å²) in [5, 5.41) is 4.22. The summed E-state index contributed by atoms with van der Waals surface area (Å²) < 4.78 is 13.7. The van der Waals surface area contributed by atoms with Crippen molar-refractivity contribution in [3.05, 3.63) is 65.6 Å². The lowest BCUT2D eigenvalue weighted by molar-refractivity contribution is 0.613. The Hall–Kier alpha value is -2.62. The molecule has 0 atom stereocenters. The summed E-state index contributed by atoms with van der Waals surface area (Å²) in [5.74, 6) is -0.209. The zero-order valence-electron chi connectivity index (χ0n) is 11.7. The van der Waals surface area contributed by atoms with Gasteiger partial charge in [-0.15, -0.1) is 0 Å². The molecule has 0 bridgehead atoms. The summed E-state index contributed by atoms with van der Waals surface area (Å²) >= 11 is 0. The van der Waals surface area contributed by atoms with Gasteiger partial charge in [0.15, 0.2) is 0 Å². The predicted molar refractivity (Wildman–Crippen MR) is 84.6 cm³/mol. The van der Waals surface area contributed by atoms with E-state index in [0.29, 0.717) is 17.8 Å². The van der Waals surface area contributed by atoms with Crippen molar-refractivity contribution in [2.24, 2.45) is 0 Å². The number of hydrogen-bond donors (Lipinski definition) is 2. The summed E-state index contributed by atoms with van der Waals surface area (Å²) in [6.07, 6.45) is 0. The van der Waals surface area contributed by atoms with Gasteiger partial charge in [-0.25, -0.2) is 4.39 Å². The highest BCUT2D eigenvalue weighted by Crippen LogP contribution is 2.26. The van der Waals surface area contributed by atoms with E-state index in [1.54, 1.807) is 12.1 Å². The van der Waals surface area contributed by atoms with Crippen molar-refractivity contribution in [2.75, 3.05) is 11.1 Å². The highest BCUT2D eigenvalue weighted by atomic mass is 19.1. The molecule has 3 aromatic rings. The average Bonchev–Trinajstić information content (AvgIpc) is 2.47. The number of rotatable bonds is 3. The lowest BCUT2D eigenvalue weighted by atomic mass is 10.1. The molecule has 0 fully saturated rings. The highest BCUT2D eigenvalue weighted by Gasteiger charge is 2.06. The van der Waals surface area contributed by atoms with Crippen LogP contribution in [0.1, 0.15) is 11.3 Å². The molecule has 3 rings (SSSR count). The first-order valence-corrected chi connectivity index (χ1v) is 6.77. The Morgan fingerprint density at radius 1 is 1.14 bits per heavy atom. The lowest BCUT2D eigenvalue weighted by Crippen LogP contribution is -2.03. The first kappa shape index (κ1) is 13.4. The number of pyridine rings is 1. The molecule has 0 aliphatic carbocycles. The molecule has 0 radical (unpaired) electrons. The maximum Gasteiger partial charge on any atom is 0.128 e. The van der Waals surface area contributed by atoms with Crippen molar-refractivity contribution in [2.45, 2.75) is 13.5 Å². The number of aromatic nitrogens is 1. The van der Waals surface area contributed by atoms with E-state index in [1.807, 2.05) is 37.3 Å². The van der Waals surface area contributed by atoms with Gasteiger partial charge in [-0.3, -0.25) is 4.98 Å². The molecule has 106 valence electrons. The van der Waals surface area contributed by atoms with Gasteiger partial charge >= 0.3 is 0 Å². The fraction of sp³-hybridized carbons (Fsp3) is 0.118. The van der Waals surface area contributed by atoms with Crippen LogP contribution in [-0.2, 0) is 6.54 Å². The maximum atomic E-state index is 13.7. The Labute approximate surface area is 122 Å². The third-order valence-electron chi connectivity index (χ3n) is 3.39. The minimum Gasteiger partial charge on any atom is -0.399 e. The maximum absolute atomic E-state index is 13.7. The second-order valence-corrected chi connectivity index (χ2v) is 5.03. The van der Waals surface area contributed by atoms with E-state index in [0.717, 1.165) is 22.3 Å². The fourth-order valence-electron chi connectivity index (χ4n) is 2.35. The van der Waals surface area contributed by atoms with Crippen LogP contribution in [-0.4, -0.2) is 4.98 Å². The zero-order chi connectivity index (χ0) is 14.8. The van der Waals surface area contributed by atoms with Crippen molar-refractivity contribution in [3.63, 3.8) is 0 Å². The van der Waals surface area contributed by atoms with Crippen LogP contribution < -0.4 is 11.1 Å². The molecular formula is C17H16FN3. The first-order chi connectivity index (χ1) is 10.1. The standard InChI is InChI=1S/C17H16FN3/c1-11-8-17(14-9-13(19)6-7-16(14)21-11)20-10-12-4-2-3-5-15(12)18/h2-9H,10,19H2,1H3,(H,20,21). The fourth-order valence-corrected chi connectivity index (χ4v) is 2.35. The number of fused-ring (bicyclic) bond motifs is 1. The number of halogens is 1. The summed E-state index contributed by atoms with van der Waals surface area (Å²) in [6, 6.07) is 14.3. The number of nitrogen functional groups attached to an aromatic ring is 1. The van der Waals surface area contributed by atoms with Crippen LogP contribution in [0.15, 0.2) is 48.5 Å². The van der Waals surface area contributed by atoms with E-state index in [2.05, 4.69) is 10.3 Å². The second kappa shape index (κ2) is 5.40. The normalized spacial score (nSPS) is 10.8. The molecule has 0 saturated heterocycles. The Kier molecular flexibility index (Phi) is 3.44. The lowest BCUT2D eigenvalue weighted by Gasteiger charge is -2.12. The van der Waals surface area contributed by atoms with Crippen LogP contribution in [0, 0.1) is 12.7 Å². The van der Waals surface area contributed by atoms with Crippen LogP contribution in [0.5, 0.6) is 0 Å². The highest BCUT2D eigenvalue weighted by molar-refractivity contribution is 5.93. The van der Waals surface area contributed by atoms with Gasteiger partial charge in [-0.2, -0.15) is 0 Å². The summed E-state index contributed by atoms with van der Waals surface area (Å²) in [4.78, 5) is 4.48. The second-order valence-electron chi connectivity index (χ2n) is 5.03. The Morgan fingerprint density at radius 3 is 2.76 bits per heavy atom. The van der Waals surface area contributed by atoms with E-state index in [9.17, 15) is 4.39 Å². The first-order valence-electron chi connectivity index (χ1n) is 6.77. The van der Waals surface area contributed by atoms with Crippen LogP contribution >= 0.6 is 0 Å². The number of nitrogens with two attached hydrogens (primary N) is 1. The van der Waals surface area contributed by atoms with E-state index in [1.165, 1.54) is 6.07 Å². The van der Waals surface area contributed by atoms with E-state index >= 15 is 0 Å². The predicted octanol–water partition coefficient (Wildman–Crippen LogP) is 3.88. The molecular weight excluding hydrogens is 265 g/mol. The summed E-state index contributed by atoms with van der Waals surface area (Å²) in [7, 11) is 0. The largest absolute Gasteiger partial charge is 0.399 e. The van der Waals surface area contributed by atoms with Gasteiger partial charge in [0.2, 0.25) is 0 Å². The molecule has 0 amide bonds. The number of nitrogens with one attached hydrogen (secondary N) is 1.